The van der Waals surface area contributed by atoms with Gasteiger partial charge in [0.2, 0.25) is 0 Å². The summed E-state index contributed by atoms with van der Waals surface area (Å²) in [6.45, 7) is 2.69. The molecule has 0 saturated carbocycles. The number of oxime groups is 1. The van der Waals surface area contributed by atoms with Crippen LogP contribution in [-0.2, 0) is 0 Å². The molecule has 0 aliphatic carbocycles. The predicted molar refractivity (Wildman–Crippen MR) is 77.8 cm³/mol. The Morgan fingerprint density at radius 2 is 1.95 bits per heavy atom. The van der Waals surface area contributed by atoms with Crippen LogP contribution in [0.3, 0.4) is 0 Å². The lowest BCUT2D eigenvalue weighted by Crippen LogP contribution is -2.13. The van der Waals surface area contributed by atoms with E-state index < -0.39 is 5.82 Å². The van der Waals surface area contributed by atoms with E-state index in [9.17, 15) is 4.39 Å². The van der Waals surface area contributed by atoms with Gasteiger partial charge in [0.25, 0.3) is 0 Å². The zero-order chi connectivity index (χ0) is 14.8. The van der Waals surface area contributed by atoms with E-state index in [2.05, 4.69) is 12.1 Å². The Labute approximate surface area is 119 Å². The molecular weight excluding hydrogens is 259 g/mol. The maximum atomic E-state index is 13.7. The molecule has 1 rings (SSSR count). The molecule has 4 nitrogen and oxygen atoms in total. The summed E-state index contributed by atoms with van der Waals surface area (Å²) in [7, 11) is 0. The number of amidine groups is 1. The summed E-state index contributed by atoms with van der Waals surface area (Å²) in [5, 5.41) is 11.3. The van der Waals surface area contributed by atoms with Crippen LogP contribution in [-0.4, -0.2) is 17.6 Å². The van der Waals surface area contributed by atoms with Crippen LogP contribution in [0.1, 0.15) is 51.0 Å². The van der Waals surface area contributed by atoms with Gasteiger partial charge in [0.15, 0.2) is 17.4 Å². The summed E-state index contributed by atoms with van der Waals surface area (Å²) < 4.78 is 19.1. The molecule has 0 spiro atoms. The van der Waals surface area contributed by atoms with Crippen molar-refractivity contribution in [3.05, 3.63) is 29.6 Å². The van der Waals surface area contributed by atoms with Crippen LogP contribution in [0.15, 0.2) is 23.4 Å². The highest BCUT2D eigenvalue weighted by atomic mass is 19.1. The predicted octanol–water partition coefficient (Wildman–Crippen LogP) is 3.66. The van der Waals surface area contributed by atoms with Gasteiger partial charge in [-0.2, -0.15) is 0 Å². The van der Waals surface area contributed by atoms with Gasteiger partial charge in [-0.3, -0.25) is 0 Å². The quantitative estimate of drug-likeness (QED) is 0.239. The lowest BCUT2D eigenvalue weighted by molar-refractivity contribution is 0.290. The molecular formula is C15H23FN2O2. The van der Waals surface area contributed by atoms with Gasteiger partial charge in [0.05, 0.1) is 6.61 Å². The first-order valence-electron chi connectivity index (χ1n) is 7.09. The molecule has 0 fully saturated rings. The molecule has 0 aromatic heterocycles. The third-order valence-electron chi connectivity index (χ3n) is 3.09. The second-order valence-corrected chi connectivity index (χ2v) is 4.75. The number of nitrogens with two attached hydrogens (primary N) is 1. The molecule has 112 valence electrons. The van der Waals surface area contributed by atoms with Crippen molar-refractivity contribution in [2.45, 2.75) is 45.4 Å². The van der Waals surface area contributed by atoms with Crippen LogP contribution in [0.2, 0.25) is 0 Å². The van der Waals surface area contributed by atoms with E-state index in [1.54, 1.807) is 6.07 Å². The highest BCUT2D eigenvalue weighted by Crippen LogP contribution is 2.19. The van der Waals surface area contributed by atoms with Crippen molar-refractivity contribution in [1.82, 2.24) is 0 Å². The van der Waals surface area contributed by atoms with E-state index in [0.29, 0.717) is 12.2 Å². The molecule has 0 radical (unpaired) electrons. The summed E-state index contributed by atoms with van der Waals surface area (Å²) in [4.78, 5) is 0. The van der Waals surface area contributed by atoms with Crippen LogP contribution in [0, 0.1) is 5.82 Å². The van der Waals surface area contributed by atoms with Gasteiger partial charge in [0, 0.05) is 5.56 Å². The lowest BCUT2D eigenvalue weighted by Gasteiger charge is -2.08. The summed E-state index contributed by atoms with van der Waals surface area (Å²) in [5.41, 5.74) is 5.72. The number of hydrogen-bond acceptors (Lipinski definition) is 3. The number of halogens is 1. The smallest absolute Gasteiger partial charge is 0.170 e. The van der Waals surface area contributed by atoms with E-state index in [-0.39, 0.29) is 11.6 Å². The molecule has 0 amide bonds. The minimum Gasteiger partial charge on any atom is -0.491 e. The number of nitrogens with zero attached hydrogens (tertiary/aromatic N) is 1. The van der Waals surface area contributed by atoms with Crippen molar-refractivity contribution in [3.63, 3.8) is 0 Å². The lowest BCUT2D eigenvalue weighted by atomic mass is 10.1. The van der Waals surface area contributed by atoms with Gasteiger partial charge in [-0.1, -0.05) is 44.2 Å². The molecule has 0 atom stereocenters. The van der Waals surface area contributed by atoms with Gasteiger partial charge in [-0.05, 0) is 24.6 Å². The topological polar surface area (TPSA) is 67.8 Å². The van der Waals surface area contributed by atoms with Crippen LogP contribution < -0.4 is 10.5 Å². The molecule has 0 bridgehead atoms. The third kappa shape index (κ3) is 5.47. The third-order valence-corrected chi connectivity index (χ3v) is 3.09. The standard InChI is InChI=1S/C15H23FN2O2/c1-2-3-4-5-6-7-10-20-14-9-8-12(11-13(14)16)15(17)18-19/h8-9,11,19H,2-7,10H2,1H3,(H2,17,18). The fraction of sp³-hybridized carbons (Fsp3) is 0.533. The van der Waals surface area contributed by atoms with Crippen LogP contribution in [0.5, 0.6) is 5.75 Å². The van der Waals surface area contributed by atoms with Crippen molar-refractivity contribution < 1.29 is 14.3 Å². The SMILES string of the molecule is CCCCCCCCOc1ccc(/C(N)=N\O)cc1F. The van der Waals surface area contributed by atoms with Crippen LogP contribution >= 0.6 is 0 Å². The molecule has 0 aliphatic rings. The highest BCUT2D eigenvalue weighted by Gasteiger charge is 2.07. The van der Waals surface area contributed by atoms with Crippen molar-refractivity contribution in [2.24, 2.45) is 10.9 Å². The summed E-state index contributed by atoms with van der Waals surface area (Å²) >= 11 is 0. The Balaban J connectivity index is 2.34. The molecule has 0 heterocycles. The summed E-state index contributed by atoms with van der Waals surface area (Å²) in [6.07, 6.45) is 6.97. The van der Waals surface area contributed by atoms with Crippen molar-refractivity contribution in [3.8, 4) is 5.75 Å². The Bertz CT molecular complexity index is 436. The fourth-order valence-corrected chi connectivity index (χ4v) is 1.90. The zero-order valence-electron chi connectivity index (χ0n) is 11.9. The average Bonchev–Trinajstić information content (AvgIpc) is 2.46. The number of benzene rings is 1. The Morgan fingerprint density at radius 3 is 2.60 bits per heavy atom. The fourth-order valence-electron chi connectivity index (χ4n) is 1.90. The number of unbranched alkanes of at least 4 members (excludes halogenated alkanes) is 5. The number of rotatable bonds is 9. The minimum atomic E-state index is -0.500. The van der Waals surface area contributed by atoms with Gasteiger partial charge >= 0.3 is 0 Å². The molecule has 1 aromatic carbocycles. The minimum absolute atomic E-state index is 0.119. The van der Waals surface area contributed by atoms with Crippen LogP contribution in [0.25, 0.3) is 0 Å². The normalized spacial score (nSPS) is 11.6. The molecule has 3 N–H and O–H groups in total. The second kappa shape index (κ2) is 9.18. The van der Waals surface area contributed by atoms with E-state index in [4.69, 9.17) is 15.7 Å². The van der Waals surface area contributed by atoms with E-state index in [1.807, 2.05) is 0 Å². The first-order valence-corrected chi connectivity index (χ1v) is 7.09. The number of ether oxygens (including phenoxy) is 1. The average molecular weight is 282 g/mol. The monoisotopic (exact) mass is 282 g/mol. The Hall–Kier alpha value is -1.78. The number of hydrogen-bond donors (Lipinski definition) is 2. The maximum Gasteiger partial charge on any atom is 0.170 e. The zero-order valence-corrected chi connectivity index (χ0v) is 11.9. The summed E-state index contributed by atoms with van der Waals surface area (Å²) in [5.74, 6) is -0.417. The van der Waals surface area contributed by atoms with E-state index in [0.717, 1.165) is 12.8 Å². The first-order chi connectivity index (χ1) is 9.69. The van der Waals surface area contributed by atoms with Gasteiger partial charge in [0.1, 0.15) is 0 Å². The molecule has 1 aromatic rings. The molecule has 0 saturated heterocycles. The molecule has 20 heavy (non-hydrogen) atoms. The van der Waals surface area contributed by atoms with Crippen molar-refractivity contribution in [1.29, 1.82) is 0 Å². The van der Waals surface area contributed by atoms with Gasteiger partial charge in [-0.15, -0.1) is 0 Å². The maximum absolute atomic E-state index is 13.7. The highest BCUT2D eigenvalue weighted by molar-refractivity contribution is 5.97. The van der Waals surface area contributed by atoms with Crippen molar-refractivity contribution in [2.75, 3.05) is 6.61 Å². The van der Waals surface area contributed by atoms with Crippen molar-refractivity contribution >= 4 is 5.84 Å². The van der Waals surface area contributed by atoms with E-state index >= 15 is 0 Å². The Morgan fingerprint density at radius 1 is 1.25 bits per heavy atom. The largest absolute Gasteiger partial charge is 0.491 e. The molecule has 0 aliphatic heterocycles. The molecule has 5 heteroatoms. The van der Waals surface area contributed by atoms with E-state index in [1.165, 1.54) is 37.8 Å². The van der Waals surface area contributed by atoms with Crippen LogP contribution in [0.4, 0.5) is 4.39 Å². The first kappa shape index (κ1) is 16.3. The van der Waals surface area contributed by atoms with Gasteiger partial charge in [-0.25, -0.2) is 4.39 Å². The summed E-state index contributed by atoms with van der Waals surface area (Å²) in [6, 6.07) is 4.26. The van der Waals surface area contributed by atoms with Gasteiger partial charge < -0.3 is 15.7 Å². The Kier molecular flexibility index (Phi) is 7.47. The molecule has 0 unspecified atom stereocenters. The second-order valence-electron chi connectivity index (χ2n) is 4.75.